The van der Waals surface area contributed by atoms with Crippen molar-refractivity contribution in [1.82, 2.24) is 10.3 Å². The third kappa shape index (κ3) is 3.11. The van der Waals surface area contributed by atoms with Gasteiger partial charge in [0.15, 0.2) is 5.76 Å². The van der Waals surface area contributed by atoms with E-state index < -0.39 is 0 Å². The number of benzene rings is 2. The van der Waals surface area contributed by atoms with Crippen LogP contribution >= 0.6 is 0 Å². The second-order valence-corrected chi connectivity index (χ2v) is 7.25. The number of ether oxygens (including phenoxy) is 1. The van der Waals surface area contributed by atoms with Crippen LogP contribution in [0.2, 0.25) is 0 Å². The second-order valence-electron chi connectivity index (χ2n) is 7.25. The second kappa shape index (κ2) is 7.60. The molecule has 0 aromatic heterocycles. The van der Waals surface area contributed by atoms with Crippen LogP contribution < -0.4 is 10.3 Å². The smallest absolute Gasteiger partial charge is 0.262 e. The molecule has 7 heteroatoms. The zero-order chi connectivity index (χ0) is 21.4. The van der Waals surface area contributed by atoms with E-state index in [1.54, 1.807) is 29.2 Å². The van der Waals surface area contributed by atoms with Gasteiger partial charge in [0.25, 0.3) is 5.91 Å². The van der Waals surface area contributed by atoms with Gasteiger partial charge in [-0.2, -0.15) is 0 Å². The molecule has 0 bridgehead atoms. The lowest BCUT2D eigenvalue weighted by atomic mass is 10.0. The number of methoxy groups -OCH3 is 1. The van der Waals surface area contributed by atoms with E-state index in [9.17, 15) is 9.59 Å². The number of carbonyl (C=O) groups excluding carboxylic acids is 2. The Morgan fingerprint density at radius 3 is 2.61 bits per heavy atom. The van der Waals surface area contributed by atoms with E-state index >= 15 is 0 Å². The van der Waals surface area contributed by atoms with E-state index in [0.29, 0.717) is 41.6 Å². The van der Waals surface area contributed by atoms with E-state index in [4.69, 9.17) is 4.74 Å². The van der Waals surface area contributed by atoms with Crippen LogP contribution in [-0.2, 0) is 16.0 Å². The topological polar surface area (TPSA) is 74.2 Å². The van der Waals surface area contributed by atoms with E-state index in [-0.39, 0.29) is 17.4 Å². The van der Waals surface area contributed by atoms with E-state index in [0.717, 1.165) is 5.56 Å². The van der Waals surface area contributed by atoms with Gasteiger partial charge in [-0.3, -0.25) is 24.8 Å². The molecular weight excluding hydrogens is 392 g/mol. The summed E-state index contributed by atoms with van der Waals surface area (Å²) in [7, 11) is 1.47. The van der Waals surface area contributed by atoms with E-state index in [1.807, 2.05) is 53.4 Å². The van der Waals surface area contributed by atoms with Crippen molar-refractivity contribution in [3.05, 3.63) is 101 Å². The Hall–Kier alpha value is -4.13. The van der Waals surface area contributed by atoms with Crippen molar-refractivity contribution in [2.45, 2.75) is 6.42 Å². The van der Waals surface area contributed by atoms with Crippen molar-refractivity contribution >= 4 is 23.3 Å². The average Bonchev–Trinajstić information content (AvgIpc) is 3.25. The van der Waals surface area contributed by atoms with Crippen LogP contribution in [0, 0.1) is 0 Å². The predicted octanol–water partition coefficient (Wildman–Crippen LogP) is 2.95. The number of nitrogens with one attached hydrogen (secondary N) is 1. The molecule has 1 amide bonds. The maximum atomic E-state index is 13.3. The van der Waals surface area contributed by atoms with Crippen molar-refractivity contribution < 1.29 is 14.3 Å². The lowest BCUT2D eigenvalue weighted by Crippen LogP contribution is -2.50. The van der Waals surface area contributed by atoms with Gasteiger partial charge >= 0.3 is 0 Å². The molecule has 0 saturated carbocycles. The van der Waals surface area contributed by atoms with Gasteiger partial charge in [-0.25, -0.2) is 0 Å². The molecule has 3 aliphatic rings. The number of hydrogen-bond acceptors (Lipinski definition) is 6. The molecule has 2 heterocycles. The summed E-state index contributed by atoms with van der Waals surface area (Å²) in [6.45, 7) is 0.462. The number of allylic oxidation sites excluding steroid dienone is 4. The van der Waals surface area contributed by atoms with Crippen molar-refractivity contribution in [3.63, 3.8) is 0 Å². The van der Waals surface area contributed by atoms with Gasteiger partial charge in [-0.15, -0.1) is 5.10 Å². The molecule has 0 fully saturated rings. The van der Waals surface area contributed by atoms with E-state index in [1.165, 1.54) is 7.11 Å². The molecule has 7 nitrogen and oxygen atoms in total. The van der Waals surface area contributed by atoms with Crippen molar-refractivity contribution in [3.8, 4) is 0 Å². The molecule has 2 aromatic rings. The van der Waals surface area contributed by atoms with Crippen molar-refractivity contribution in [2.24, 2.45) is 5.10 Å². The maximum absolute atomic E-state index is 13.3. The van der Waals surface area contributed by atoms with Crippen molar-refractivity contribution in [1.29, 1.82) is 0 Å². The summed E-state index contributed by atoms with van der Waals surface area (Å²) in [5, 5.41) is 4.44. The first-order valence-corrected chi connectivity index (χ1v) is 9.99. The molecule has 1 N–H and O–H groups in total. The third-order valence-corrected chi connectivity index (χ3v) is 5.47. The molecule has 1 aliphatic carbocycles. The summed E-state index contributed by atoms with van der Waals surface area (Å²) in [6, 6.07) is 17.3. The first kappa shape index (κ1) is 18.9. The van der Waals surface area contributed by atoms with Gasteiger partial charge in [-0.05, 0) is 36.3 Å². The zero-order valence-corrected chi connectivity index (χ0v) is 16.9. The highest BCUT2D eigenvalue weighted by atomic mass is 16.5. The quantitative estimate of drug-likeness (QED) is 0.782. The number of hydrogen-bond donors (Lipinski definition) is 1. The van der Waals surface area contributed by atoms with Crippen LogP contribution in [0.5, 0.6) is 0 Å². The highest BCUT2D eigenvalue weighted by Gasteiger charge is 2.41. The highest BCUT2D eigenvalue weighted by molar-refractivity contribution is 6.22. The summed E-state index contributed by atoms with van der Waals surface area (Å²) >= 11 is 0. The minimum Gasteiger partial charge on any atom is -0.493 e. The lowest BCUT2D eigenvalue weighted by molar-refractivity contribution is -0.114. The number of ketones is 1. The number of amides is 1. The monoisotopic (exact) mass is 412 g/mol. The number of fused-ring (bicyclic) bond motifs is 3. The first-order chi connectivity index (χ1) is 15.2. The fourth-order valence-electron chi connectivity index (χ4n) is 3.93. The van der Waals surface area contributed by atoms with Crippen LogP contribution in [0.4, 0.5) is 5.69 Å². The summed E-state index contributed by atoms with van der Waals surface area (Å²) in [5.74, 6) is 0.856. The Kier molecular flexibility index (Phi) is 4.63. The average molecular weight is 412 g/mol. The standard InChI is InChI=1S/C24H20N4O3/c1-31-20-13-7-11-18(21(20)29)22-25-26-24-27(15-14-16-8-3-2-4-9-16)23(30)17-10-5-6-12-19(17)28(22)24/h2-13,25H,14-15H2,1H3/b22-18+. The van der Waals surface area contributed by atoms with Crippen molar-refractivity contribution in [2.75, 3.05) is 18.6 Å². The molecule has 2 aliphatic heterocycles. The van der Waals surface area contributed by atoms with Gasteiger partial charge in [0.1, 0.15) is 5.82 Å². The minimum absolute atomic E-state index is 0.113. The van der Waals surface area contributed by atoms with Gasteiger partial charge in [-0.1, -0.05) is 48.5 Å². The minimum atomic E-state index is -0.242. The Morgan fingerprint density at radius 2 is 1.81 bits per heavy atom. The van der Waals surface area contributed by atoms with Crippen LogP contribution in [0.1, 0.15) is 15.9 Å². The number of carbonyl (C=O) groups is 2. The summed E-state index contributed by atoms with van der Waals surface area (Å²) in [5.41, 5.74) is 5.78. The Balaban J connectivity index is 1.56. The molecule has 5 rings (SSSR count). The number of hydrazone groups is 1. The number of anilines is 1. The number of guanidine groups is 1. The summed E-state index contributed by atoms with van der Waals surface area (Å²) in [4.78, 5) is 29.7. The lowest BCUT2D eigenvalue weighted by Gasteiger charge is -2.35. The van der Waals surface area contributed by atoms with Crippen LogP contribution in [0.3, 0.4) is 0 Å². The van der Waals surface area contributed by atoms with Crippen LogP contribution in [0.25, 0.3) is 0 Å². The predicted molar refractivity (Wildman–Crippen MR) is 117 cm³/mol. The largest absolute Gasteiger partial charge is 0.493 e. The summed E-state index contributed by atoms with van der Waals surface area (Å²) in [6.07, 6.45) is 5.79. The molecular formula is C24H20N4O3. The van der Waals surface area contributed by atoms with Gasteiger partial charge in [0.05, 0.1) is 23.9 Å². The Morgan fingerprint density at radius 1 is 1.03 bits per heavy atom. The maximum Gasteiger partial charge on any atom is 0.262 e. The molecule has 0 spiro atoms. The molecule has 2 aromatic carbocycles. The Labute approximate surface area is 179 Å². The Bertz CT molecular complexity index is 1190. The normalized spacial score (nSPS) is 19.5. The van der Waals surface area contributed by atoms with E-state index in [2.05, 4.69) is 10.5 Å². The van der Waals surface area contributed by atoms with Gasteiger partial charge in [0, 0.05) is 6.54 Å². The SMILES string of the molecule is COC1=CC=C/C(=C2/NN=C3N(CCc4ccccc4)C(=O)c4ccccc4N32)C1=O. The molecule has 0 unspecified atom stereocenters. The molecule has 154 valence electrons. The molecule has 31 heavy (non-hydrogen) atoms. The molecule has 0 radical (unpaired) electrons. The fraction of sp³-hybridized carbons (Fsp3) is 0.125. The fourth-order valence-corrected chi connectivity index (χ4v) is 3.93. The van der Waals surface area contributed by atoms with Crippen LogP contribution in [0.15, 0.2) is 95.1 Å². The zero-order valence-electron chi connectivity index (χ0n) is 16.9. The highest BCUT2D eigenvalue weighted by Crippen LogP contribution is 2.35. The van der Waals surface area contributed by atoms with Gasteiger partial charge in [0.2, 0.25) is 11.7 Å². The third-order valence-electron chi connectivity index (χ3n) is 5.47. The molecule has 0 saturated heterocycles. The number of nitrogens with zero attached hydrogens (tertiary/aromatic N) is 3. The van der Waals surface area contributed by atoms with Crippen LogP contribution in [-0.4, -0.2) is 36.2 Å². The first-order valence-electron chi connectivity index (χ1n) is 9.99. The van der Waals surface area contributed by atoms with Gasteiger partial charge < -0.3 is 4.74 Å². The number of Topliss-reactive ketones (excluding diaryl/α,β-unsaturated/α-hetero) is 1. The summed E-state index contributed by atoms with van der Waals surface area (Å²) < 4.78 is 5.20. The molecule has 0 atom stereocenters. The number of para-hydroxylation sites is 1. The number of rotatable bonds is 4.